The summed E-state index contributed by atoms with van der Waals surface area (Å²) in [5.74, 6) is 0.476. The molecule has 1 atom stereocenters. The number of nitrogens with zero attached hydrogens (tertiary/aromatic N) is 2. The van der Waals surface area contributed by atoms with Gasteiger partial charge in [0.25, 0.3) is 5.91 Å². The van der Waals surface area contributed by atoms with Crippen molar-refractivity contribution in [3.05, 3.63) is 29.3 Å². The molecule has 1 saturated heterocycles. The molecule has 0 radical (unpaired) electrons. The number of nitrogens with two attached hydrogens (primary N) is 1. The Labute approximate surface area is 183 Å². The highest BCUT2D eigenvalue weighted by Crippen LogP contribution is 2.34. The van der Waals surface area contributed by atoms with Crippen molar-refractivity contribution in [2.75, 3.05) is 26.7 Å². The Kier molecular flexibility index (Phi) is 6.18. The van der Waals surface area contributed by atoms with Crippen LogP contribution in [0.25, 0.3) is 0 Å². The van der Waals surface area contributed by atoms with Crippen molar-refractivity contribution >= 4 is 18.2 Å². The summed E-state index contributed by atoms with van der Waals surface area (Å²) in [5.41, 5.74) is 5.76. The van der Waals surface area contributed by atoms with E-state index < -0.39 is 11.6 Å². The molecular weight excluding hydrogens is 396 g/mol. The highest BCUT2D eigenvalue weighted by molar-refractivity contribution is 5.99. The van der Waals surface area contributed by atoms with Gasteiger partial charge in [-0.2, -0.15) is 0 Å². The van der Waals surface area contributed by atoms with Crippen molar-refractivity contribution in [3.63, 3.8) is 0 Å². The van der Waals surface area contributed by atoms with Crippen LogP contribution in [0.1, 0.15) is 54.4 Å². The number of benzene rings is 1. The largest absolute Gasteiger partial charge is 0.497 e. The number of methoxy groups -OCH3 is 1. The first-order valence-electron chi connectivity index (χ1n) is 11.2. The van der Waals surface area contributed by atoms with Crippen molar-refractivity contribution in [1.82, 2.24) is 15.1 Å². The molecule has 1 unspecified atom stereocenters. The van der Waals surface area contributed by atoms with Gasteiger partial charge in [0.2, 0.25) is 0 Å². The number of rotatable bonds is 7. The SMILES string of the molecule is COc1ccc2c(c1)CN(CC(C=O)(NC(N)=O)C1CCN(C3CCCC3)CC1)C2=O. The van der Waals surface area contributed by atoms with Gasteiger partial charge in [0, 0.05) is 18.2 Å². The molecule has 0 aromatic heterocycles. The minimum Gasteiger partial charge on any atom is -0.497 e. The van der Waals surface area contributed by atoms with Crippen molar-refractivity contribution in [1.29, 1.82) is 0 Å². The topological polar surface area (TPSA) is 105 Å². The van der Waals surface area contributed by atoms with E-state index in [1.165, 1.54) is 25.7 Å². The number of hydrogen-bond donors (Lipinski definition) is 2. The van der Waals surface area contributed by atoms with E-state index >= 15 is 0 Å². The molecule has 3 N–H and O–H groups in total. The number of fused-ring (bicyclic) bond motifs is 1. The van der Waals surface area contributed by atoms with E-state index in [1.54, 1.807) is 24.1 Å². The van der Waals surface area contributed by atoms with Crippen LogP contribution in [0.2, 0.25) is 0 Å². The highest BCUT2D eigenvalue weighted by atomic mass is 16.5. The molecule has 0 bridgehead atoms. The molecule has 0 spiro atoms. The number of hydrogen-bond acceptors (Lipinski definition) is 5. The lowest BCUT2D eigenvalue weighted by Gasteiger charge is -2.44. The summed E-state index contributed by atoms with van der Waals surface area (Å²) in [6.07, 6.45) is 7.43. The molecule has 2 aliphatic heterocycles. The fourth-order valence-corrected chi connectivity index (χ4v) is 5.64. The van der Waals surface area contributed by atoms with E-state index in [0.29, 0.717) is 23.9 Å². The van der Waals surface area contributed by atoms with Crippen LogP contribution in [0.3, 0.4) is 0 Å². The molecule has 8 nitrogen and oxygen atoms in total. The Morgan fingerprint density at radius 2 is 1.97 bits per heavy atom. The van der Waals surface area contributed by atoms with Gasteiger partial charge < -0.3 is 30.4 Å². The van der Waals surface area contributed by atoms with Crippen molar-refractivity contribution in [3.8, 4) is 5.75 Å². The number of aldehydes is 1. The second-order valence-corrected chi connectivity index (χ2v) is 9.08. The first-order valence-corrected chi connectivity index (χ1v) is 11.2. The van der Waals surface area contributed by atoms with Crippen LogP contribution in [0.15, 0.2) is 18.2 Å². The first-order chi connectivity index (χ1) is 15.0. The number of carbonyl (C=O) groups is 3. The molecule has 8 heteroatoms. The van der Waals surface area contributed by atoms with Crippen LogP contribution in [-0.4, -0.2) is 66.3 Å². The zero-order valence-corrected chi connectivity index (χ0v) is 18.1. The maximum Gasteiger partial charge on any atom is 0.313 e. The quantitative estimate of drug-likeness (QED) is 0.646. The molecule has 1 aromatic carbocycles. The maximum absolute atomic E-state index is 13.0. The van der Waals surface area contributed by atoms with Crippen LogP contribution in [0.5, 0.6) is 5.75 Å². The number of nitrogens with one attached hydrogen (secondary N) is 1. The average Bonchev–Trinajstić information content (AvgIpc) is 3.41. The van der Waals surface area contributed by atoms with E-state index in [0.717, 1.165) is 37.8 Å². The standard InChI is InChI=1S/C23H32N4O4/c1-31-19-6-7-20-16(12-19)13-27(21(20)29)14-23(15-28,25-22(24)30)17-8-10-26(11-9-17)18-4-2-3-5-18/h6-7,12,15,17-18H,2-5,8-11,13-14H2,1H3,(H3,24,25,30). The third-order valence-electron chi connectivity index (χ3n) is 7.31. The normalized spacial score (nSPS) is 22.2. The van der Waals surface area contributed by atoms with E-state index in [-0.39, 0.29) is 18.4 Å². The molecule has 3 amide bonds. The molecule has 3 aliphatic rings. The number of likely N-dealkylation sites (tertiary alicyclic amines) is 1. The van der Waals surface area contributed by atoms with Gasteiger partial charge in [-0.15, -0.1) is 0 Å². The minimum atomic E-state index is -1.19. The fourth-order valence-electron chi connectivity index (χ4n) is 5.64. The predicted octanol–water partition coefficient (Wildman–Crippen LogP) is 1.91. The van der Waals surface area contributed by atoms with Crippen LogP contribution in [-0.2, 0) is 11.3 Å². The monoisotopic (exact) mass is 428 g/mol. The molecule has 168 valence electrons. The number of carbonyl (C=O) groups excluding carboxylic acids is 3. The summed E-state index contributed by atoms with van der Waals surface area (Å²) in [6.45, 7) is 2.29. The van der Waals surface area contributed by atoms with Crippen molar-refractivity contribution in [2.45, 2.75) is 56.7 Å². The Morgan fingerprint density at radius 3 is 2.58 bits per heavy atom. The lowest BCUT2D eigenvalue weighted by molar-refractivity contribution is -0.116. The smallest absolute Gasteiger partial charge is 0.313 e. The van der Waals surface area contributed by atoms with Crippen LogP contribution < -0.4 is 15.8 Å². The minimum absolute atomic E-state index is 0.0683. The van der Waals surface area contributed by atoms with Gasteiger partial charge >= 0.3 is 6.03 Å². The molecule has 4 rings (SSSR count). The second-order valence-electron chi connectivity index (χ2n) is 9.08. The highest BCUT2D eigenvalue weighted by Gasteiger charge is 2.45. The lowest BCUT2D eigenvalue weighted by atomic mass is 9.77. The van der Waals surface area contributed by atoms with E-state index in [9.17, 15) is 14.4 Å². The average molecular weight is 429 g/mol. The summed E-state index contributed by atoms with van der Waals surface area (Å²) >= 11 is 0. The number of piperidine rings is 1. The summed E-state index contributed by atoms with van der Waals surface area (Å²) in [6, 6.07) is 5.25. The van der Waals surface area contributed by atoms with Crippen LogP contribution in [0, 0.1) is 5.92 Å². The zero-order valence-electron chi connectivity index (χ0n) is 18.1. The Hall–Kier alpha value is -2.61. The summed E-state index contributed by atoms with van der Waals surface area (Å²) < 4.78 is 5.27. The van der Waals surface area contributed by atoms with Gasteiger partial charge in [0.1, 0.15) is 17.6 Å². The van der Waals surface area contributed by atoms with E-state index in [4.69, 9.17) is 10.5 Å². The number of amides is 3. The molecule has 1 aromatic rings. The van der Waals surface area contributed by atoms with Crippen molar-refractivity contribution in [2.24, 2.45) is 11.7 Å². The van der Waals surface area contributed by atoms with Gasteiger partial charge in [0.05, 0.1) is 13.7 Å². The number of urea groups is 1. The molecule has 31 heavy (non-hydrogen) atoms. The Balaban J connectivity index is 1.51. The lowest BCUT2D eigenvalue weighted by Crippen LogP contribution is -2.64. The van der Waals surface area contributed by atoms with E-state index in [2.05, 4.69) is 10.2 Å². The number of primary amides is 1. The Morgan fingerprint density at radius 1 is 1.26 bits per heavy atom. The summed E-state index contributed by atoms with van der Waals surface area (Å²) in [4.78, 5) is 41.5. The van der Waals surface area contributed by atoms with Gasteiger partial charge in [-0.3, -0.25) is 4.79 Å². The third kappa shape index (κ3) is 4.26. The van der Waals surface area contributed by atoms with Gasteiger partial charge in [-0.05, 0) is 68.5 Å². The summed E-state index contributed by atoms with van der Waals surface area (Å²) in [7, 11) is 1.59. The second kappa shape index (κ2) is 8.86. The fraction of sp³-hybridized carbons (Fsp3) is 0.609. The number of ether oxygens (including phenoxy) is 1. The van der Waals surface area contributed by atoms with Crippen LogP contribution in [0.4, 0.5) is 4.79 Å². The molecule has 1 saturated carbocycles. The maximum atomic E-state index is 13.0. The molecule has 1 aliphatic carbocycles. The Bertz CT molecular complexity index is 846. The van der Waals surface area contributed by atoms with Gasteiger partial charge in [0.15, 0.2) is 0 Å². The van der Waals surface area contributed by atoms with Gasteiger partial charge in [-0.25, -0.2) is 4.79 Å². The summed E-state index contributed by atoms with van der Waals surface area (Å²) in [5, 5.41) is 2.73. The van der Waals surface area contributed by atoms with Crippen molar-refractivity contribution < 1.29 is 19.1 Å². The molecular formula is C23H32N4O4. The molecule has 2 fully saturated rings. The van der Waals surface area contributed by atoms with Gasteiger partial charge in [-0.1, -0.05) is 12.8 Å². The first kappa shape index (κ1) is 21.6. The third-order valence-corrected chi connectivity index (χ3v) is 7.31. The predicted molar refractivity (Wildman–Crippen MR) is 116 cm³/mol. The van der Waals surface area contributed by atoms with E-state index in [1.807, 2.05) is 6.07 Å². The zero-order chi connectivity index (χ0) is 22.0. The molecule has 2 heterocycles. The van der Waals surface area contributed by atoms with Crippen LogP contribution >= 0.6 is 0 Å².